The molecular weight excluding hydrogens is 296 g/mol. The van der Waals surface area contributed by atoms with E-state index in [4.69, 9.17) is 9.47 Å². The minimum atomic E-state index is 0.116. The SMILES string of the molecule is CC(C)COCc1cc(C(C)(C)C)ccc1OCc1ccccc1. The molecule has 0 saturated carbocycles. The highest BCUT2D eigenvalue weighted by Gasteiger charge is 2.16. The second-order valence-electron chi connectivity index (χ2n) is 7.76. The molecule has 0 aliphatic carbocycles. The summed E-state index contributed by atoms with van der Waals surface area (Å²) in [6.07, 6.45) is 0. The van der Waals surface area contributed by atoms with Crippen LogP contribution in [0.5, 0.6) is 5.75 Å². The summed E-state index contributed by atoms with van der Waals surface area (Å²) in [4.78, 5) is 0. The Kier molecular flexibility index (Phi) is 6.44. The van der Waals surface area contributed by atoms with Crippen molar-refractivity contribution >= 4 is 0 Å². The molecule has 0 radical (unpaired) electrons. The topological polar surface area (TPSA) is 18.5 Å². The second kappa shape index (κ2) is 8.34. The van der Waals surface area contributed by atoms with Crippen molar-refractivity contribution in [2.45, 2.75) is 53.2 Å². The smallest absolute Gasteiger partial charge is 0.125 e. The van der Waals surface area contributed by atoms with E-state index in [9.17, 15) is 0 Å². The molecule has 2 nitrogen and oxygen atoms in total. The lowest BCUT2D eigenvalue weighted by atomic mass is 9.86. The lowest BCUT2D eigenvalue weighted by Crippen LogP contribution is -2.12. The highest BCUT2D eigenvalue weighted by Crippen LogP contribution is 2.29. The third-order valence-electron chi connectivity index (χ3n) is 3.87. The van der Waals surface area contributed by atoms with Crippen molar-refractivity contribution in [3.63, 3.8) is 0 Å². The van der Waals surface area contributed by atoms with E-state index in [0.717, 1.165) is 17.9 Å². The van der Waals surface area contributed by atoms with Crippen LogP contribution in [0.1, 0.15) is 51.3 Å². The molecule has 0 N–H and O–H groups in total. The first kappa shape index (κ1) is 18.5. The molecule has 0 atom stereocenters. The zero-order chi connectivity index (χ0) is 17.6. The summed E-state index contributed by atoms with van der Waals surface area (Å²) in [5.41, 5.74) is 3.72. The number of benzene rings is 2. The van der Waals surface area contributed by atoms with Crippen LogP contribution < -0.4 is 4.74 Å². The summed E-state index contributed by atoms with van der Waals surface area (Å²) in [5, 5.41) is 0. The van der Waals surface area contributed by atoms with E-state index in [1.54, 1.807) is 0 Å². The average Bonchev–Trinajstić information content (AvgIpc) is 2.53. The number of ether oxygens (including phenoxy) is 2. The van der Waals surface area contributed by atoms with Crippen molar-refractivity contribution in [3.05, 3.63) is 65.2 Å². The Morgan fingerprint density at radius 3 is 2.25 bits per heavy atom. The minimum Gasteiger partial charge on any atom is -0.489 e. The van der Waals surface area contributed by atoms with Crippen LogP contribution in [0.3, 0.4) is 0 Å². The summed E-state index contributed by atoms with van der Waals surface area (Å²) >= 11 is 0. The van der Waals surface area contributed by atoms with Gasteiger partial charge in [0.05, 0.1) is 6.61 Å². The summed E-state index contributed by atoms with van der Waals surface area (Å²) in [7, 11) is 0. The third kappa shape index (κ3) is 5.68. The lowest BCUT2D eigenvalue weighted by molar-refractivity contribution is 0.0947. The van der Waals surface area contributed by atoms with Gasteiger partial charge in [0.2, 0.25) is 0 Å². The predicted molar refractivity (Wildman–Crippen MR) is 100 cm³/mol. The molecule has 24 heavy (non-hydrogen) atoms. The number of rotatable bonds is 7. The van der Waals surface area contributed by atoms with Gasteiger partial charge in [0, 0.05) is 12.2 Å². The Morgan fingerprint density at radius 2 is 1.62 bits per heavy atom. The molecule has 2 heteroatoms. The molecule has 0 unspecified atom stereocenters. The van der Waals surface area contributed by atoms with Crippen molar-refractivity contribution in [2.24, 2.45) is 5.92 Å². The summed E-state index contributed by atoms with van der Waals surface area (Å²) < 4.78 is 11.9. The molecule has 0 bridgehead atoms. The fourth-order valence-electron chi connectivity index (χ4n) is 2.44. The number of hydrogen-bond acceptors (Lipinski definition) is 2. The minimum absolute atomic E-state index is 0.116. The van der Waals surface area contributed by atoms with Crippen molar-refractivity contribution < 1.29 is 9.47 Å². The first-order valence-electron chi connectivity index (χ1n) is 8.74. The van der Waals surface area contributed by atoms with Gasteiger partial charge in [-0.15, -0.1) is 0 Å². The lowest BCUT2D eigenvalue weighted by Gasteiger charge is -2.22. The molecule has 2 aromatic rings. The third-order valence-corrected chi connectivity index (χ3v) is 3.87. The Bertz CT molecular complexity index is 624. The van der Waals surface area contributed by atoms with Crippen LogP contribution in [0.25, 0.3) is 0 Å². The fraction of sp³-hybridized carbons (Fsp3) is 0.455. The van der Waals surface area contributed by atoms with Gasteiger partial charge in [-0.2, -0.15) is 0 Å². The van der Waals surface area contributed by atoms with E-state index in [-0.39, 0.29) is 5.41 Å². The Hall–Kier alpha value is -1.80. The van der Waals surface area contributed by atoms with Gasteiger partial charge in [0.25, 0.3) is 0 Å². The quantitative estimate of drug-likeness (QED) is 0.646. The predicted octanol–water partition coefficient (Wildman–Crippen LogP) is 5.74. The van der Waals surface area contributed by atoms with Gasteiger partial charge in [-0.1, -0.05) is 71.0 Å². The maximum Gasteiger partial charge on any atom is 0.125 e. The highest BCUT2D eigenvalue weighted by molar-refractivity contribution is 5.39. The van der Waals surface area contributed by atoms with Crippen LogP contribution in [-0.4, -0.2) is 6.61 Å². The van der Waals surface area contributed by atoms with Gasteiger partial charge in [0.1, 0.15) is 12.4 Å². The van der Waals surface area contributed by atoms with Gasteiger partial charge in [-0.25, -0.2) is 0 Å². The molecule has 2 aromatic carbocycles. The highest BCUT2D eigenvalue weighted by atomic mass is 16.5. The summed E-state index contributed by atoms with van der Waals surface area (Å²) in [6.45, 7) is 12.9. The van der Waals surface area contributed by atoms with Crippen LogP contribution >= 0.6 is 0 Å². The largest absolute Gasteiger partial charge is 0.489 e. The first-order valence-corrected chi connectivity index (χ1v) is 8.74. The fourth-order valence-corrected chi connectivity index (χ4v) is 2.44. The molecular formula is C22H30O2. The van der Waals surface area contributed by atoms with Gasteiger partial charge < -0.3 is 9.47 Å². The molecule has 0 aromatic heterocycles. The molecule has 0 aliphatic rings. The molecule has 2 rings (SSSR count). The van der Waals surface area contributed by atoms with Gasteiger partial charge in [-0.3, -0.25) is 0 Å². The van der Waals surface area contributed by atoms with Crippen LogP contribution in [0.2, 0.25) is 0 Å². The van der Waals surface area contributed by atoms with E-state index < -0.39 is 0 Å². The monoisotopic (exact) mass is 326 g/mol. The molecule has 0 amide bonds. The van der Waals surface area contributed by atoms with Crippen molar-refractivity contribution in [1.82, 2.24) is 0 Å². The standard InChI is InChI=1S/C22H30O2/c1-17(2)14-23-16-19-13-20(22(3,4)5)11-12-21(19)24-15-18-9-7-6-8-10-18/h6-13,17H,14-16H2,1-5H3. The van der Waals surface area contributed by atoms with E-state index in [2.05, 4.69) is 65.0 Å². The van der Waals surface area contributed by atoms with Gasteiger partial charge >= 0.3 is 0 Å². The van der Waals surface area contributed by atoms with Crippen LogP contribution in [0.15, 0.2) is 48.5 Å². The molecule has 0 spiro atoms. The zero-order valence-electron chi connectivity index (χ0n) is 15.6. The summed E-state index contributed by atoms with van der Waals surface area (Å²) in [6, 6.07) is 16.7. The van der Waals surface area contributed by atoms with E-state index in [1.165, 1.54) is 11.1 Å². The van der Waals surface area contributed by atoms with E-state index >= 15 is 0 Å². The molecule has 0 aliphatic heterocycles. The number of hydrogen-bond donors (Lipinski definition) is 0. The maximum absolute atomic E-state index is 6.07. The van der Waals surface area contributed by atoms with Gasteiger partial charge in [-0.05, 0) is 34.6 Å². The van der Waals surface area contributed by atoms with Gasteiger partial charge in [0.15, 0.2) is 0 Å². The van der Waals surface area contributed by atoms with Crippen molar-refractivity contribution in [1.29, 1.82) is 0 Å². The maximum atomic E-state index is 6.07. The zero-order valence-corrected chi connectivity index (χ0v) is 15.6. The normalized spacial score (nSPS) is 11.8. The van der Waals surface area contributed by atoms with Crippen LogP contribution in [0.4, 0.5) is 0 Å². The first-order chi connectivity index (χ1) is 11.4. The molecule has 0 fully saturated rings. The second-order valence-corrected chi connectivity index (χ2v) is 7.76. The summed E-state index contributed by atoms with van der Waals surface area (Å²) in [5.74, 6) is 1.44. The Morgan fingerprint density at radius 1 is 0.917 bits per heavy atom. The molecule has 130 valence electrons. The Labute approximate surface area is 146 Å². The van der Waals surface area contributed by atoms with E-state index in [1.807, 2.05) is 18.2 Å². The van der Waals surface area contributed by atoms with Crippen LogP contribution in [-0.2, 0) is 23.4 Å². The molecule has 0 heterocycles. The van der Waals surface area contributed by atoms with Crippen molar-refractivity contribution in [3.8, 4) is 5.75 Å². The average molecular weight is 326 g/mol. The van der Waals surface area contributed by atoms with Crippen molar-refractivity contribution in [2.75, 3.05) is 6.61 Å². The van der Waals surface area contributed by atoms with Crippen LogP contribution in [0, 0.1) is 5.92 Å². The van der Waals surface area contributed by atoms with E-state index in [0.29, 0.717) is 19.1 Å². The Balaban J connectivity index is 2.14. The molecule has 0 saturated heterocycles.